The van der Waals surface area contributed by atoms with Crippen molar-refractivity contribution in [3.8, 4) is 5.75 Å². The van der Waals surface area contributed by atoms with Crippen molar-refractivity contribution in [1.82, 2.24) is 0 Å². The first-order valence-corrected chi connectivity index (χ1v) is 9.26. The second-order valence-corrected chi connectivity index (χ2v) is 9.44. The van der Waals surface area contributed by atoms with Crippen LogP contribution in [0, 0.1) is 0 Å². The van der Waals surface area contributed by atoms with Gasteiger partial charge in [0.1, 0.15) is 11.6 Å². The largest absolute Gasteiger partial charge is 0.507 e. The van der Waals surface area contributed by atoms with Gasteiger partial charge in [-0.1, -0.05) is 53.7 Å². The Labute approximate surface area is 156 Å². The van der Waals surface area contributed by atoms with Crippen LogP contribution in [0.4, 0.5) is 4.39 Å². The van der Waals surface area contributed by atoms with Crippen molar-refractivity contribution in [2.24, 2.45) is 0 Å². The molecule has 0 unspecified atom stereocenters. The molecule has 142 valence electrons. The first-order chi connectivity index (χ1) is 11.8. The summed E-state index contributed by atoms with van der Waals surface area (Å²) in [5.74, 6) is 0.0724. The standard InChI is InChI=1S/C23H31FO2/c1-14-10-16(13-19(14)24)20(25)9-8-15-11-17(22(2,3)4)21(26)18(12-15)23(5,6)7/h11-13,26H,8-10H2,1-7H3. The van der Waals surface area contributed by atoms with Gasteiger partial charge in [0.2, 0.25) is 0 Å². The maximum Gasteiger partial charge on any atom is 0.159 e. The number of phenolic OH excluding ortho intramolecular Hbond substituents is 1. The number of phenols is 1. The minimum atomic E-state index is -0.275. The van der Waals surface area contributed by atoms with Crippen molar-refractivity contribution in [2.45, 2.75) is 78.6 Å². The third kappa shape index (κ3) is 4.44. The van der Waals surface area contributed by atoms with Gasteiger partial charge in [-0.3, -0.25) is 4.79 Å². The predicted octanol–water partition coefficient (Wildman–Crippen LogP) is 6.06. The molecule has 3 heteroatoms. The number of benzene rings is 1. The molecule has 1 aliphatic rings. The van der Waals surface area contributed by atoms with Gasteiger partial charge in [0.25, 0.3) is 0 Å². The van der Waals surface area contributed by atoms with Crippen LogP contribution in [-0.2, 0) is 22.0 Å². The van der Waals surface area contributed by atoms with Gasteiger partial charge < -0.3 is 5.11 Å². The normalized spacial score (nSPS) is 15.5. The molecular formula is C23H31FO2. The molecule has 1 aromatic rings. The first kappa shape index (κ1) is 20.4. The Hall–Kier alpha value is -1.90. The van der Waals surface area contributed by atoms with Crippen molar-refractivity contribution < 1.29 is 14.3 Å². The molecule has 0 aromatic heterocycles. The molecule has 1 aliphatic carbocycles. The fourth-order valence-electron chi connectivity index (χ4n) is 3.28. The summed E-state index contributed by atoms with van der Waals surface area (Å²) in [6.45, 7) is 14.2. The number of aromatic hydroxyl groups is 1. The van der Waals surface area contributed by atoms with Gasteiger partial charge >= 0.3 is 0 Å². The molecule has 0 bridgehead atoms. The van der Waals surface area contributed by atoms with Gasteiger partial charge in [-0.15, -0.1) is 0 Å². The highest BCUT2D eigenvalue weighted by Crippen LogP contribution is 2.40. The second-order valence-electron chi connectivity index (χ2n) is 9.44. The van der Waals surface area contributed by atoms with E-state index in [1.54, 1.807) is 6.92 Å². The van der Waals surface area contributed by atoms with E-state index in [9.17, 15) is 14.3 Å². The molecule has 0 spiro atoms. The predicted molar refractivity (Wildman–Crippen MR) is 105 cm³/mol. The van der Waals surface area contributed by atoms with Crippen LogP contribution in [0.3, 0.4) is 0 Å². The number of ketones is 1. The second kappa shape index (κ2) is 7.02. The van der Waals surface area contributed by atoms with Gasteiger partial charge in [-0.05, 0) is 58.9 Å². The third-order valence-electron chi connectivity index (χ3n) is 4.95. The first-order valence-electron chi connectivity index (χ1n) is 9.26. The van der Waals surface area contributed by atoms with Crippen LogP contribution >= 0.6 is 0 Å². The summed E-state index contributed by atoms with van der Waals surface area (Å²) in [6.07, 6.45) is 2.73. The molecule has 0 atom stereocenters. The minimum Gasteiger partial charge on any atom is -0.507 e. The number of Topliss-reactive ketones (excluding diaryl/α,β-unsaturated/α-hetero) is 1. The Balaban J connectivity index is 2.27. The van der Waals surface area contributed by atoms with E-state index < -0.39 is 0 Å². The fraction of sp³-hybridized carbons (Fsp3) is 0.522. The number of allylic oxidation sites excluding steroid dienone is 4. The number of hydrogen-bond donors (Lipinski definition) is 1. The third-order valence-corrected chi connectivity index (χ3v) is 4.95. The zero-order valence-corrected chi connectivity index (χ0v) is 17.1. The molecule has 1 aromatic carbocycles. The number of rotatable bonds is 4. The lowest BCUT2D eigenvalue weighted by atomic mass is 9.78. The summed E-state index contributed by atoms with van der Waals surface area (Å²) >= 11 is 0. The van der Waals surface area contributed by atoms with E-state index in [1.807, 2.05) is 12.1 Å². The van der Waals surface area contributed by atoms with Crippen molar-refractivity contribution in [3.63, 3.8) is 0 Å². The van der Waals surface area contributed by atoms with Crippen molar-refractivity contribution >= 4 is 5.78 Å². The lowest BCUT2D eigenvalue weighted by Gasteiger charge is -2.28. The topological polar surface area (TPSA) is 37.3 Å². The number of carbonyl (C=O) groups is 1. The van der Waals surface area contributed by atoms with E-state index in [-0.39, 0.29) is 22.4 Å². The molecule has 0 heterocycles. The van der Waals surface area contributed by atoms with Crippen LogP contribution in [0.2, 0.25) is 0 Å². The zero-order chi connectivity index (χ0) is 19.9. The average Bonchev–Trinajstić information content (AvgIpc) is 2.83. The van der Waals surface area contributed by atoms with Crippen molar-refractivity contribution in [2.75, 3.05) is 0 Å². The van der Waals surface area contributed by atoms with E-state index in [1.165, 1.54) is 6.08 Å². The summed E-state index contributed by atoms with van der Waals surface area (Å²) in [6, 6.07) is 4.01. The quantitative estimate of drug-likeness (QED) is 0.710. The minimum absolute atomic E-state index is 0.000285. The lowest BCUT2D eigenvalue weighted by Crippen LogP contribution is -2.18. The highest BCUT2D eigenvalue weighted by Gasteiger charge is 2.27. The molecule has 2 rings (SSSR count). The summed E-state index contributed by atoms with van der Waals surface area (Å²) in [4.78, 5) is 12.4. The summed E-state index contributed by atoms with van der Waals surface area (Å²) in [5, 5.41) is 10.8. The smallest absolute Gasteiger partial charge is 0.159 e. The molecule has 0 saturated heterocycles. The molecule has 0 fully saturated rings. The lowest BCUT2D eigenvalue weighted by molar-refractivity contribution is -0.115. The fourth-order valence-corrected chi connectivity index (χ4v) is 3.28. The van der Waals surface area contributed by atoms with E-state index in [0.717, 1.165) is 16.7 Å². The Kier molecular flexibility index (Phi) is 5.51. The SMILES string of the molecule is CC1=C(F)C=C(C(=O)CCc2cc(C(C)(C)C)c(O)c(C(C)(C)C)c2)C1. The van der Waals surface area contributed by atoms with Gasteiger partial charge in [0, 0.05) is 12.0 Å². The molecule has 0 amide bonds. The monoisotopic (exact) mass is 358 g/mol. The number of aryl methyl sites for hydroxylation is 1. The van der Waals surface area contributed by atoms with Crippen LogP contribution < -0.4 is 0 Å². The maximum atomic E-state index is 13.5. The van der Waals surface area contributed by atoms with E-state index >= 15 is 0 Å². The Morgan fingerprint density at radius 1 is 1.08 bits per heavy atom. The van der Waals surface area contributed by atoms with Gasteiger partial charge in [-0.2, -0.15) is 0 Å². The van der Waals surface area contributed by atoms with Crippen LogP contribution in [0.5, 0.6) is 5.75 Å². The van der Waals surface area contributed by atoms with Gasteiger partial charge in [-0.25, -0.2) is 4.39 Å². The van der Waals surface area contributed by atoms with Crippen LogP contribution in [-0.4, -0.2) is 10.9 Å². The molecule has 2 nitrogen and oxygen atoms in total. The molecule has 0 aliphatic heterocycles. The average molecular weight is 358 g/mol. The van der Waals surface area contributed by atoms with Crippen LogP contribution in [0.25, 0.3) is 0 Å². The number of hydrogen-bond acceptors (Lipinski definition) is 2. The van der Waals surface area contributed by atoms with E-state index in [4.69, 9.17) is 0 Å². The molecule has 1 N–H and O–H groups in total. The highest BCUT2D eigenvalue weighted by molar-refractivity contribution is 5.97. The van der Waals surface area contributed by atoms with Crippen molar-refractivity contribution in [3.05, 3.63) is 51.9 Å². The number of halogens is 1. The van der Waals surface area contributed by atoms with Gasteiger partial charge in [0.15, 0.2) is 5.78 Å². The molecule has 0 radical (unpaired) electrons. The number of carbonyl (C=O) groups excluding carboxylic acids is 1. The van der Waals surface area contributed by atoms with Gasteiger partial charge in [0.05, 0.1) is 0 Å². The maximum absolute atomic E-state index is 13.5. The van der Waals surface area contributed by atoms with Crippen molar-refractivity contribution in [1.29, 1.82) is 0 Å². The Bertz CT molecular complexity index is 748. The van der Waals surface area contributed by atoms with Crippen LogP contribution in [0.1, 0.15) is 78.0 Å². The summed E-state index contributed by atoms with van der Waals surface area (Å²) in [5.41, 5.74) is 3.64. The molecular weight excluding hydrogens is 327 g/mol. The Morgan fingerprint density at radius 2 is 1.58 bits per heavy atom. The summed E-state index contributed by atoms with van der Waals surface area (Å²) < 4.78 is 13.5. The van der Waals surface area contributed by atoms with Crippen LogP contribution in [0.15, 0.2) is 35.2 Å². The Morgan fingerprint density at radius 3 is 1.96 bits per heavy atom. The van der Waals surface area contributed by atoms with E-state index in [2.05, 4.69) is 41.5 Å². The van der Waals surface area contributed by atoms with E-state index in [0.29, 0.717) is 36.2 Å². The highest BCUT2D eigenvalue weighted by atomic mass is 19.1. The molecule has 26 heavy (non-hydrogen) atoms. The molecule has 0 saturated carbocycles. The summed E-state index contributed by atoms with van der Waals surface area (Å²) in [7, 11) is 0. The zero-order valence-electron chi connectivity index (χ0n) is 17.1.